The van der Waals surface area contributed by atoms with E-state index >= 15 is 0 Å². The van der Waals surface area contributed by atoms with Crippen molar-refractivity contribution in [3.05, 3.63) is 82.9 Å². The predicted octanol–water partition coefficient (Wildman–Crippen LogP) is 4.34. The van der Waals surface area contributed by atoms with E-state index in [1.807, 2.05) is 57.2 Å². The van der Waals surface area contributed by atoms with Crippen LogP contribution in [0.2, 0.25) is 0 Å². The fraction of sp³-hybridized carbons (Fsp3) is 0.292. The van der Waals surface area contributed by atoms with Crippen LogP contribution in [-0.2, 0) is 4.79 Å². The van der Waals surface area contributed by atoms with Crippen LogP contribution in [0.3, 0.4) is 0 Å². The molecule has 31 heavy (non-hydrogen) atoms. The fourth-order valence-electron chi connectivity index (χ4n) is 3.99. The number of hydrogen-bond donors (Lipinski definition) is 3. The maximum absolute atomic E-state index is 12.7. The molecule has 0 radical (unpaired) electrons. The van der Waals surface area contributed by atoms with E-state index in [9.17, 15) is 4.79 Å². The quantitative estimate of drug-likeness (QED) is 0.505. The molecule has 0 spiro atoms. The van der Waals surface area contributed by atoms with Crippen LogP contribution in [0.5, 0.6) is 0 Å². The summed E-state index contributed by atoms with van der Waals surface area (Å²) in [5.41, 5.74) is 6.08. The van der Waals surface area contributed by atoms with Gasteiger partial charge in [0.2, 0.25) is 5.91 Å². The number of aromatic nitrogens is 2. The van der Waals surface area contributed by atoms with Gasteiger partial charge in [0.1, 0.15) is 0 Å². The van der Waals surface area contributed by atoms with Gasteiger partial charge >= 0.3 is 0 Å². The largest absolute Gasteiger partial charge is 0.361 e. The number of aromatic amines is 1. The van der Waals surface area contributed by atoms with Crippen molar-refractivity contribution in [1.82, 2.24) is 20.2 Å². The van der Waals surface area contributed by atoms with Gasteiger partial charge in [0.25, 0.3) is 0 Å². The summed E-state index contributed by atoms with van der Waals surface area (Å²) in [7, 11) is 0. The zero-order valence-corrected chi connectivity index (χ0v) is 18.8. The number of aryl methyl sites for hydroxylation is 3. The number of nitrogens with one attached hydrogen (secondary N) is 3. The first-order chi connectivity index (χ1) is 14.9. The normalized spacial score (nSPS) is 18.2. The zero-order chi connectivity index (χ0) is 22.0. The summed E-state index contributed by atoms with van der Waals surface area (Å²) in [6, 6.07) is 15.9. The second-order valence-electron chi connectivity index (χ2n) is 8.03. The van der Waals surface area contributed by atoms with Gasteiger partial charge in [-0.25, -0.2) is 0 Å². The maximum Gasteiger partial charge on any atom is 0.226 e. The summed E-state index contributed by atoms with van der Waals surface area (Å²) in [5, 5.41) is 7.09. The molecule has 4 rings (SSSR count). The van der Waals surface area contributed by atoms with E-state index < -0.39 is 0 Å². The second kappa shape index (κ2) is 8.89. The Balaban J connectivity index is 1.52. The lowest BCUT2D eigenvalue weighted by atomic mass is 10.0. The first kappa shape index (κ1) is 21.1. The minimum absolute atomic E-state index is 0.0285. The van der Waals surface area contributed by atoms with Gasteiger partial charge in [0.05, 0.1) is 17.8 Å². The highest BCUT2D eigenvalue weighted by Gasteiger charge is 2.40. The number of H-pyrrole nitrogens is 1. The highest BCUT2D eigenvalue weighted by molar-refractivity contribution is 7.80. The van der Waals surface area contributed by atoms with Gasteiger partial charge < -0.3 is 20.5 Å². The third kappa shape index (κ3) is 4.61. The molecule has 3 aromatic rings. The van der Waals surface area contributed by atoms with E-state index in [0.717, 1.165) is 33.9 Å². The van der Waals surface area contributed by atoms with Gasteiger partial charge in [-0.1, -0.05) is 18.2 Å². The molecule has 1 aliphatic rings. The number of thiocarbonyl (C=S) groups is 1. The minimum atomic E-state index is -0.0890. The number of nitrogens with zero attached hydrogens (tertiary/aromatic N) is 2. The van der Waals surface area contributed by atoms with Gasteiger partial charge in [0, 0.05) is 36.2 Å². The first-order valence-corrected chi connectivity index (χ1v) is 10.8. The van der Waals surface area contributed by atoms with Crippen LogP contribution in [0.4, 0.5) is 5.69 Å². The van der Waals surface area contributed by atoms with Crippen molar-refractivity contribution < 1.29 is 4.79 Å². The SMILES string of the molecule is Cc1ccc(C)c(NC(=O)CCN2C(=S)N[C@H](c3ccccn3)[C@@H]2c2ccc(C)[nH]2)c1. The van der Waals surface area contributed by atoms with Gasteiger partial charge in [-0.05, 0) is 74.4 Å². The van der Waals surface area contributed by atoms with E-state index in [1.54, 1.807) is 6.20 Å². The molecule has 0 aliphatic carbocycles. The Bertz CT molecular complexity index is 1090. The number of benzene rings is 1. The number of hydrogen-bond acceptors (Lipinski definition) is 3. The number of anilines is 1. The molecule has 1 fully saturated rings. The molecular weight excluding hydrogens is 406 g/mol. The number of rotatable bonds is 6. The summed E-state index contributed by atoms with van der Waals surface area (Å²) in [6.07, 6.45) is 2.12. The Morgan fingerprint density at radius 1 is 1.16 bits per heavy atom. The van der Waals surface area contributed by atoms with E-state index in [0.29, 0.717) is 18.1 Å². The van der Waals surface area contributed by atoms with Crippen LogP contribution in [-0.4, -0.2) is 32.4 Å². The number of amides is 1. The summed E-state index contributed by atoms with van der Waals surface area (Å²) >= 11 is 5.66. The van der Waals surface area contributed by atoms with Gasteiger partial charge in [-0.15, -0.1) is 0 Å². The van der Waals surface area contributed by atoms with E-state index in [1.165, 1.54) is 0 Å². The zero-order valence-electron chi connectivity index (χ0n) is 18.0. The molecule has 1 amide bonds. The van der Waals surface area contributed by atoms with E-state index in [-0.39, 0.29) is 18.0 Å². The molecule has 2 aromatic heterocycles. The maximum atomic E-state index is 12.7. The van der Waals surface area contributed by atoms with Crippen molar-refractivity contribution in [2.24, 2.45) is 0 Å². The minimum Gasteiger partial charge on any atom is -0.361 e. The fourth-order valence-corrected chi connectivity index (χ4v) is 4.32. The summed E-state index contributed by atoms with van der Waals surface area (Å²) in [6.45, 7) is 6.55. The Morgan fingerprint density at radius 3 is 2.71 bits per heavy atom. The van der Waals surface area contributed by atoms with Crippen LogP contribution in [0, 0.1) is 20.8 Å². The lowest BCUT2D eigenvalue weighted by Gasteiger charge is -2.27. The molecule has 1 aliphatic heterocycles. The molecule has 1 saturated heterocycles. The van der Waals surface area contributed by atoms with Crippen molar-refractivity contribution in [2.45, 2.75) is 39.3 Å². The summed E-state index contributed by atoms with van der Waals surface area (Å²) in [4.78, 5) is 22.8. The highest BCUT2D eigenvalue weighted by Crippen LogP contribution is 2.38. The number of carbonyl (C=O) groups excluding carboxylic acids is 1. The summed E-state index contributed by atoms with van der Waals surface area (Å²) in [5.74, 6) is -0.0285. The van der Waals surface area contributed by atoms with Crippen LogP contribution in [0.1, 0.15) is 46.7 Å². The van der Waals surface area contributed by atoms with Crippen LogP contribution in [0.25, 0.3) is 0 Å². The Kier molecular flexibility index (Phi) is 6.04. The smallest absolute Gasteiger partial charge is 0.226 e. The van der Waals surface area contributed by atoms with Gasteiger partial charge in [-0.2, -0.15) is 0 Å². The van der Waals surface area contributed by atoms with Crippen molar-refractivity contribution >= 4 is 28.9 Å². The van der Waals surface area contributed by atoms with E-state index in [2.05, 4.69) is 37.6 Å². The molecule has 7 heteroatoms. The lowest BCUT2D eigenvalue weighted by molar-refractivity contribution is -0.116. The summed E-state index contributed by atoms with van der Waals surface area (Å²) < 4.78 is 0. The Labute approximate surface area is 188 Å². The van der Waals surface area contributed by atoms with Crippen LogP contribution >= 0.6 is 12.2 Å². The molecule has 0 saturated carbocycles. The van der Waals surface area contributed by atoms with Gasteiger partial charge in [0.15, 0.2) is 5.11 Å². The number of carbonyl (C=O) groups is 1. The second-order valence-corrected chi connectivity index (χ2v) is 8.42. The third-order valence-electron chi connectivity index (χ3n) is 5.62. The highest BCUT2D eigenvalue weighted by atomic mass is 32.1. The molecule has 1 aromatic carbocycles. The molecule has 3 heterocycles. The Morgan fingerprint density at radius 2 is 2.00 bits per heavy atom. The lowest BCUT2D eigenvalue weighted by Crippen LogP contribution is -2.32. The van der Waals surface area contributed by atoms with Gasteiger partial charge in [-0.3, -0.25) is 9.78 Å². The molecular formula is C24H27N5OS. The van der Waals surface area contributed by atoms with E-state index in [4.69, 9.17) is 12.2 Å². The molecule has 6 nitrogen and oxygen atoms in total. The molecule has 3 N–H and O–H groups in total. The van der Waals surface area contributed by atoms with Crippen LogP contribution < -0.4 is 10.6 Å². The monoisotopic (exact) mass is 433 g/mol. The molecule has 2 atom stereocenters. The molecule has 160 valence electrons. The topological polar surface area (TPSA) is 73.1 Å². The Hall–Kier alpha value is -3.19. The average molecular weight is 434 g/mol. The number of pyridine rings is 1. The standard InChI is InChI=1S/C24H27N5OS/c1-15-7-8-16(2)20(14-15)27-21(30)11-13-29-23(19-10-9-17(3)26-19)22(28-24(29)31)18-6-4-5-12-25-18/h4-10,12,14,22-23,26H,11,13H2,1-3H3,(H,27,30)(H,28,31)/t22-,23+/m1/s1. The van der Waals surface area contributed by atoms with Crippen molar-refractivity contribution in [3.8, 4) is 0 Å². The predicted molar refractivity (Wildman–Crippen MR) is 127 cm³/mol. The molecule has 0 bridgehead atoms. The van der Waals surface area contributed by atoms with Crippen molar-refractivity contribution in [1.29, 1.82) is 0 Å². The third-order valence-corrected chi connectivity index (χ3v) is 5.97. The van der Waals surface area contributed by atoms with Crippen molar-refractivity contribution in [3.63, 3.8) is 0 Å². The van der Waals surface area contributed by atoms with Crippen LogP contribution in [0.15, 0.2) is 54.7 Å². The molecule has 0 unspecified atom stereocenters. The first-order valence-electron chi connectivity index (χ1n) is 10.4. The average Bonchev–Trinajstić information content (AvgIpc) is 3.32. The van der Waals surface area contributed by atoms with Crippen molar-refractivity contribution in [2.75, 3.05) is 11.9 Å².